The van der Waals surface area contributed by atoms with Crippen LogP contribution in [0.5, 0.6) is 0 Å². The number of fused-ring (bicyclic) bond motifs is 1. The summed E-state index contributed by atoms with van der Waals surface area (Å²) in [7, 11) is 0. The number of hydrazine groups is 1. The van der Waals surface area contributed by atoms with Gasteiger partial charge in [0.2, 0.25) is 0 Å². The first-order valence-electron chi connectivity index (χ1n) is 10.9. The van der Waals surface area contributed by atoms with Gasteiger partial charge in [-0.05, 0) is 54.2 Å². The lowest BCUT2D eigenvalue weighted by atomic mass is 9.90. The van der Waals surface area contributed by atoms with Crippen LogP contribution >= 0.6 is 0 Å². The fourth-order valence-corrected chi connectivity index (χ4v) is 4.23. The third-order valence-electron chi connectivity index (χ3n) is 5.89. The van der Waals surface area contributed by atoms with Gasteiger partial charge in [0.1, 0.15) is 5.82 Å². The largest absolute Gasteiger partial charge is 0.321 e. The van der Waals surface area contributed by atoms with Crippen LogP contribution in [0.4, 0.5) is 15.8 Å². The van der Waals surface area contributed by atoms with E-state index in [-0.39, 0.29) is 11.5 Å². The summed E-state index contributed by atoms with van der Waals surface area (Å²) >= 11 is 0. The lowest BCUT2D eigenvalue weighted by Gasteiger charge is -2.37. The minimum Gasteiger partial charge on any atom is -0.321 e. The van der Waals surface area contributed by atoms with Crippen molar-refractivity contribution in [2.45, 2.75) is 31.8 Å². The number of halogens is 1. The van der Waals surface area contributed by atoms with Gasteiger partial charge in [-0.25, -0.2) is 9.82 Å². The molecule has 0 saturated carbocycles. The number of nitrogens with zero attached hydrogens (tertiary/aromatic N) is 2. The highest BCUT2D eigenvalue weighted by atomic mass is 19.1. The van der Waals surface area contributed by atoms with E-state index in [9.17, 15) is 14.5 Å². The van der Waals surface area contributed by atoms with Crippen LogP contribution in [-0.2, 0) is 19.4 Å². The molecule has 0 bridgehead atoms. The summed E-state index contributed by atoms with van der Waals surface area (Å²) in [4.78, 5) is 13.0. The second-order valence-electron chi connectivity index (χ2n) is 8.14. The van der Waals surface area contributed by atoms with Gasteiger partial charge < -0.3 is 5.43 Å². The second-order valence-corrected chi connectivity index (χ2v) is 8.14. The zero-order valence-electron chi connectivity index (χ0n) is 17.8. The minimum atomic E-state index is -0.402. The highest BCUT2D eigenvalue weighted by Crippen LogP contribution is 2.25. The summed E-state index contributed by atoms with van der Waals surface area (Å²) < 4.78 is 13.3. The average Bonchev–Trinajstić information content (AvgIpc) is 2.80. The Bertz CT molecular complexity index is 1060. The number of anilines is 1. The molecule has 0 saturated heterocycles. The monoisotopic (exact) mass is 434 g/mol. The Kier molecular flexibility index (Phi) is 7.09. The molecular weight excluding hydrogens is 407 g/mol. The number of hydrogen-bond acceptors (Lipinski definition) is 5. The molecular formula is C25H27FN4O2. The maximum atomic E-state index is 13.3. The highest BCUT2D eigenvalue weighted by molar-refractivity contribution is 5.50. The van der Waals surface area contributed by atoms with Crippen molar-refractivity contribution in [1.82, 2.24) is 10.3 Å². The van der Waals surface area contributed by atoms with E-state index in [2.05, 4.69) is 40.0 Å². The number of nitro benzene ring substituents is 1. The zero-order chi connectivity index (χ0) is 22.3. The van der Waals surface area contributed by atoms with Crippen LogP contribution < -0.4 is 10.9 Å². The average molecular weight is 435 g/mol. The summed E-state index contributed by atoms with van der Waals surface area (Å²) in [5, 5.41) is 10.9. The summed E-state index contributed by atoms with van der Waals surface area (Å²) in [5.74, 6) is -0.207. The summed E-state index contributed by atoms with van der Waals surface area (Å²) in [6, 6.07) is 22.2. The van der Waals surface area contributed by atoms with E-state index in [1.807, 2.05) is 12.1 Å². The second kappa shape index (κ2) is 10.3. The fraction of sp³-hybridized carbons (Fsp3) is 0.280. The molecule has 0 aromatic heterocycles. The first-order chi connectivity index (χ1) is 15.6. The van der Waals surface area contributed by atoms with Crippen LogP contribution in [-0.4, -0.2) is 29.0 Å². The number of non-ortho nitro benzene ring substituents is 1. The molecule has 32 heavy (non-hydrogen) atoms. The molecule has 3 aromatic rings. The van der Waals surface area contributed by atoms with E-state index < -0.39 is 4.92 Å². The normalized spacial score (nSPS) is 15.8. The molecule has 0 amide bonds. The van der Waals surface area contributed by atoms with Gasteiger partial charge in [-0.3, -0.25) is 15.0 Å². The van der Waals surface area contributed by atoms with Crippen LogP contribution in [0.3, 0.4) is 0 Å². The standard InChI is InChI=1S/C25H27FN4O2/c26-22-11-9-19(10-12-22)15-25-16-20-5-1-2-6-21(20)18-29(25)14-4-13-27-28-23-7-3-8-24(17-23)30(31)32/h1-3,5-12,17,25,27-28H,4,13-16,18H2. The molecule has 1 unspecified atom stereocenters. The fourth-order valence-electron chi connectivity index (χ4n) is 4.23. The van der Waals surface area contributed by atoms with Gasteiger partial charge in [-0.1, -0.05) is 42.5 Å². The van der Waals surface area contributed by atoms with Crippen LogP contribution in [0.25, 0.3) is 0 Å². The molecule has 1 atom stereocenters. The Balaban J connectivity index is 1.33. The predicted molar refractivity (Wildman–Crippen MR) is 124 cm³/mol. The lowest BCUT2D eigenvalue weighted by Crippen LogP contribution is -2.43. The van der Waals surface area contributed by atoms with E-state index in [0.29, 0.717) is 11.7 Å². The third kappa shape index (κ3) is 5.69. The van der Waals surface area contributed by atoms with Crippen molar-refractivity contribution in [2.24, 2.45) is 0 Å². The molecule has 3 aromatic carbocycles. The van der Waals surface area contributed by atoms with Crippen LogP contribution in [0.15, 0.2) is 72.8 Å². The summed E-state index contributed by atoms with van der Waals surface area (Å²) in [6.07, 6.45) is 2.78. The van der Waals surface area contributed by atoms with E-state index in [1.54, 1.807) is 12.1 Å². The summed E-state index contributed by atoms with van der Waals surface area (Å²) in [5.41, 5.74) is 10.8. The van der Waals surface area contributed by atoms with Crippen molar-refractivity contribution in [3.63, 3.8) is 0 Å². The molecule has 4 rings (SSSR count). The maximum Gasteiger partial charge on any atom is 0.271 e. The van der Waals surface area contributed by atoms with Gasteiger partial charge in [-0.15, -0.1) is 0 Å². The molecule has 1 aliphatic heterocycles. The number of rotatable bonds is 9. The van der Waals surface area contributed by atoms with Crippen LogP contribution in [0.1, 0.15) is 23.1 Å². The van der Waals surface area contributed by atoms with Crippen molar-refractivity contribution in [2.75, 3.05) is 18.5 Å². The number of hydrogen-bond donors (Lipinski definition) is 2. The maximum absolute atomic E-state index is 13.3. The lowest BCUT2D eigenvalue weighted by molar-refractivity contribution is -0.384. The molecule has 166 valence electrons. The van der Waals surface area contributed by atoms with Gasteiger partial charge in [0, 0.05) is 37.8 Å². The molecule has 0 fully saturated rings. The van der Waals surface area contributed by atoms with Crippen molar-refractivity contribution in [3.05, 3.63) is 105 Å². The molecule has 0 aliphatic carbocycles. The molecule has 1 aliphatic rings. The van der Waals surface area contributed by atoms with Crippen LogP contribution in [0.2, 0.25) is 0 Å². The number of benzene rings is 3. The topological polar surface area (TPSA) is 70.4 Å². The molecule has 1 heterocycles. The third-order valence-corrected chi connectivity index (χ3v) is 5.89. The molecule has 2 N–H and O–H groups in total. The van der Waals surface area contributed by atoms with E-state index in [1.165, 1.54) is 35.4 Å². The van der Waals surface area contributed by atoms with Gasteiger partial charge in [0.25, 0.3) is 5.69 Å². The molecule has 7 heteroatoms. The molecule has 0 radical (unpaired) electrons. The van der Waals surface area contributed by atoms with E-state index in [0.717, 1.165) is 44.5 Å². The van der Waals surface area contributed by atoms with Gasteiger partial charge in [-0.2, -0.15) is 0 Å². The first kappa shape index (κ1) is 21.9. The Labute approximate surface area is 187 Å². The Morgan fingerprint density at radius 1 is 1.03 bits per heavy atom. The smallest absolute Gasteiger partial charge is 0.271 e. The van der Waals surface area contributed by atoms with E-state index >= 15 is 0 Å². The first-order valence-corrected chi connectivity index (χ1v) is 10.9. The zero-order valence-corrected chi connectivity index (χ0v) is 17.8. The Morgan fingerprint density at radius 3 is 2.59 bits per heavy atom. The SMILES string of the molecule is O=[N+]([O-])c1cccc(NNCCCN2Cc3ccccc3CC2Cc2ccc(F)cc2)c1. The number of nitro groups is 1. The van der Waals surface area contributed by atoms with Gasteiger partial charge in [0.15, 0.2) is 0 Å². The molecule has 0 spiro atoms. The van der Waals surface area contributed by atoms with Gasteiger partial charge in [0.05, 0.1) is 10.6 Å². The predicted octanol–water partition coefficient (Wildman–Crippen LogP) is 4.71. The summed E-state index contributed by atoms with van der Waals surface area (Å²) in [6.45, 7) is 2.55. The number of nitrogens with one attached hydrogen (secondary N) is 2. The highest BCUT2D eigenvalue weighted by Gasteiger charge is 2.25. The van der Waals surface area contributed by atoms with Crippen LogP contribution in [0, 0.1) is 15.9 Å². The Morgan fingerprint density at radius 2 is 1.81 bits per heavy atom. The van der Waals surface area contributed by atoms with Crippen molar-refractivity contribution < 1.29 is 9.31 Å². The van der Waals surface area contributed by atoms with Gasteiger partial charge >= 0.3 is 0 Å². The Hall–Kier alpha value is -3.29. The minimum absolute atomic E-state index is 0.0624. The van der Waals surface area contributed by atoms with Crippen molar-refractivity contribution >= 4 is 11.4 Å². The van der Waals surface area contributed by atoms with E-state index in [4.69, 9.17) is 0 Å². The van der Waals surface area contributed by atoms with Crippen molar-refractivity contribution in [1.29, 1.82) is 0 Å². The quantitative estimate of drug-likeness (QED) is 0.290. The van der Waals surface area contributed by atoms with Crippen molar-refractivity contribution in [3.8, 4) is 0 Å². The molecule has 6 nitrogen and oxygen atoms in total.